The molecule has 0 N–H and O–H groups in total. The van der Waals surface area contributed by atoms with Gasteiger partial charge in [-0.25, -0.2) is 0 Å². The molecule has 0 bridgehead atoms. The van der Waals surface area contributed by atoms with Gasteiger partial charge in [0, 0.05) is 21.5 Å². The molecule has 234 valence electrons. The quantitative estimate of drug-likeness (QED) is 0.192. The van der Waals surface area contributed by atoms with E-state index in [1.807, 2.05) is 12.1 Å². The van der Waals surface area contributed by atoms with Gasteiger partial charge in [0.25, 0.3) is 0 Å². The number of benzene rings is 8. The first-order valence-electron chi connectivity index (χ1n) is 17.4. The number of rotatable bonds is 3. The molecule has 50 heavy (non-hydrogen) atoms. The molecule has 1 aliphatic rings. The lowest BCUT2D eigenvalue weighted by Crippen LogP contribution is -2.02. The van der Waals surface area contributed by atoms with Crippen LogP contribution in [0.25, 0.3) is 105 Å². The molecule has 2 heteroatoms. The zero-order chi connectivity index (χ0) is 32.8. The predicted molar refractivity (Wildman–Crippen MR) is 210 cm³/mol. The highest BCUT2D eigenvalue weighted by molar-refractivity contribution is 6.16. The smallest absolute Gasteiger partial charge is 0.136 e. The Hall–Kier alpha value is -6.38. The van der Waals surface area contributed by atoms with Gasteiger partial charge >= 0.3 is 0 Å². The average Bonchev–Trinajstić information content (AvgIpc) is 3.72. The first-order valence-corrected chi connectivity index (χ1v) is 17.4. The molecule has 0 amide bonds. The maximum atomic E-state index is 6.47. The van der Waals surface area contributed by atoms with Crippen molar-refractivity contribution in [2.75, 3.05) is 0 Å². The van der Waals surface area contributed by atoms with Gasteiger partial charge in [-0.1, -0.05) is 121 Å². The van der Waals surface area contributed by atoms with Crippen molar-refractivity contribution in [2.45, 2.75) is 12.8 Å². The highest BCUT2D eigenvalue weighted by Gasteiger charge is 2.23. The second-order valence-corrected chi connectivity index (χ2v) is 13.5. The van der Waals surface area contributed by atoms with Gasteiger partial charge in [0.05, 0.1) is 0 Å². The number of hydrogen-bond acceptors (Lipinski definition) is 2. The monoisotopic (exact) mass is 638 g/mol. The van der Waals surface area contributed by atoms with Crippen LogP contribution in [0.4, 0.5) is 0 Å². The zero-order valence-electron chi connectivity index (χ0n) is 27.2. The Morgan fingerprint density at radius 2 is 1.02 bits per heavy atom. The van der Waals surface area contributed by atoms with E-state index in [9.17, 15) is 0 Å². The first kappa shape index (κ1) is 27.6. The molecule has 0 atom stereocenters. The van der Waals surface area contributed by atoms with Gasteiger partial charge in [0.15, 0.2) is 0 Å². The molecule has 0 aliphatic heterocycles. The fraction of sp³-hybridized carbons (Fsp3) is 0.0417. The topological polar surface area (TPSA) is 26.3 Å². The first-order chi connectivity index (χ1) is 24.8. The molecular weight excluding hydrogens is 609 g/mol. The molecule has 0 saturated carbocycles. The molecule has 2 heterocycles. The molecular formula is C48H30O2. The second kappa shape index (κ2) is 10.6. The fourth-order valence-electron chi connectivity index (χ4n) is 8.49. The molecule has 2 aromatic heterocycles. The van der Waals surface area contributed by atoms with Crippen molar-refractivity contribution in [3.8, 4) is 33.4 Å². The summed E-state index contributed by atoms with van der Waals surface area (Å²) >= 11 is 0. The summed E-state index contributed by atoms with van der Waals surface area (Å²) in [6.07, 6.45) is 6.71. The molecule has 11 rings (SSSR count). The average molecular weight is 639 g/mol. The summed E-state index contributed by atoms with van der Waals surface area (Å²) in [5, 5.41) is 9.46. The number of para-hydroxylation sites is 1. The zero-order valence-corrected chi connectivity index (χ0v) is 27.2. The summed E-state index contributed by atoms with van der Waals surface area (Å²) in [6.45, 7) is 0. The molecule has 0 unspecified atom stereocenters. The maximum absolute atomic E-state index is 6.47. The van der Waals surface area contributed by atoms with E-state index in [0.29, 0.717) is 0 Å². The van der Waals surface area contributed by atoms with Gasteiger partial charge in [0.1, 0.15) is 22.3 Å². The van der Waals surface area contributed by atoms with Crippen molar-refractivity contribution >= 4 is 71.5 Å². The summed E-state index contributed by atoms with van der Waals surface area (Å²) in [4.78, 5) is 0. The summed E-state index contributed by atoms with van der Waals surface area (Å²) < 4.78 is 12.8. The van der Waals surface area contributed by atoms with Gasteiger partial charge in [0.2, 0.25) is 0 Å². The van der Waals surface area contributed by atoms with Crippen molar-refractivity contribution in [3.63, 3.8) is 0 Å². The minimum atomic E-state index is 0.882. The lowest BCUT2D eigenvalue weighted by Gasteiger charge is -2.24. The molecule has 0 spiro atoms. The Morgan fingerprint density at radius 3 is 1.88 bits per heavy atom. The van der Waals surface area contributed by atoms with Crippen molar-refractivity contribution in [1.29, 1.82) is 0 Å². The van der Waals surface area contributed by atoms with Gasteiger partial charge in [-0.2, -0.15) is 0 Å². The van der Waals surface area contributed by atoms with Crippen LogP contribution in [0.2, 0.25) is 0 Å². The van der Waals surface area contributed by atoms with Crippen LogP contribution >= 0.6 is 0 Å². The molecule has 10 aromatic rings. The third-order valence-corrected chi connectivity index (χ3v) is 10.7. The largest absolute Gasteiger partial charge is 0.456 e. The third-order valence-electron chi connectivity index (χ3n) is 10.7. The Bertz CT molecular complexity index is 3040. The SMILES string of the molecule is C1=Cc2c(c(-c3ccc4oc5cc6c(cc5c4c3)oc3ccccc36)c3ccccc3c2-c2cccc(-c3cccc4ccccc34)c2)CC1. The Kier molecular flexibility index (Phi) is 5.82. The van der Waals surface area contributed by atoms with Crippen molar-refractivity contribution in [3.05, 3.63) is 163 Å². The van der Waals surface area contributed by atoms with E-state index in [-0.39, 0.29) is 0 Å². The van der Waals surface area contributed by atoms with Crippen molar-refractivity contribution in [1.82, 2.24) is 0 Å². The van der Waals surface area contributed by atoms with Crippen LogP contribution < -0.4 is 0 Å². The van der Waals surface area contributed by atoms with E-state index in [2.05, 4.69) is 146 Å². The number of furan rings is 2. The molecule has 0 saturated heterocycles. The number of fused-ring (bicyclic) bond motifs is 9. The summed E-state index contributed by atoms with van der Waals surface area (Å²) in [5.74, 6) is 0. The van der Waals surface area contributed by atoms with Crippen molar-refractivity contribution < 1.29 is 8.83 Å². The number of hydrogen-bond donors (Lipinski definition) is 0. The van der Waals surface area contributed by atoms with E-state index in [1.54, 1.807) is 0 Å². The van der Waals surface area contributed by atoms with E-state index >= 15 is 0 Å². The van der Waals surface area contributed by atoms with Gasteiger partial charge in [-0.05, 0) is 115 Å². The second-order valence-electron chi connectivity index (χ2n) is 13.5. The van der Waals surface area contributed by atoms with Gasteiger partial charge < -0.3 is 8.83 Å². The Labute approximate surface area is 288 Å². The van der Waals surface area contributed by atoms with E-state index in [4.69, 9.17) is 8.83 Å². The van der Waals surface area contributed by atoms with Crippen molar-refractivity contribution in [2.24, 2.45) is 0 Å². The van der Waals surface area contributed by atoms with Crippen LogP contribution in [-0.4, -0.2) is 0 Å². The molecule has 8 aromatic carbocycles. The normalized spacial score (nSPS) is 13.0. The summed E-state index contributed by atoms with van der Waals surface area (Å²) in [5.41, 5.74) is 13.8. The van der Waals surface area contributed by atoms with Gasteiger partial charge in [-0.15, -0.1) is 0 Å². The van der Waals surface area contributed by atoms with Crippen LogP contribution in [0, 0.1) is 0 Å². The van der Waals surface area contributed by atoms with Crippen LogP contribution in [-0.2, 0) is 6.42 Å². The molecule has 0 radical (unpaired) electrons. The Morgan fingerprint density at radius 1 is 0.400 bits per heavy atom. The minimum absolute atomic E-state index is 0.882. The highest BCUT2D eigenvalue weighted by atomic mass is 16.3. The molecule has 2 nitrogen and oxygen atoms in total. The minimum Gasteiger partial charge on any atom is -0.456 e. The van der Waals surface area contributed by atoms with Crippen LogP contribution in [0.1, 0.15) is 17.5 Å². The number of allylic oxidation sites excluding steroid dienone is 1. The lowest BCUT2D eigenvalue weighted by atomic mass is 9.80. The third kappa shape index (κ3) is 4.02. The maximum Gasteiger partial charge on any atom is 0.136 e. The van der Waals surface area contributed by atoms with E-state index < -0.39 is 0 Å². The highest BCUT2D eigenvalue weighted by Crippen LogP contribution is 2.46. The van der Waals surface area contributed by atoms with E-state index in [0.717, 1.165) is 56.7 Å². The summed E-state index contributed by atoms with van der Waals surface area (Å²) in [6, 6.07) is 52.6. The standard InChI is InChI=1S/C48H30O2/c1-2-15-33-29(11-1)12-10-21-34(33)30-13-9-14-31(25-30)47-36-17-3-5-19-38(36)48(39-20-6-4-18-37(39)47)32-23-24-44-40(26-32)42-28-45-41(27-46(42)50-44)35-16-7-8-22-43(35)49-45/h1-5,7-19,21-28H,6,20H2. The van der Waals surface area contributed by atoms with E-state index in [1.165, 1.54) is 66.1 Å². The fourth-order valence-corrected chi connectivity index (χ4v) is 8.49. The van der Waals surface area contributed by atoms with Crippen LogP contribution in [0.3, 0.4) is 0 Å². The van der Waals surface area contributed by atoms with Gasteiger partial charge in [-0.3, -0.25) is 0 Å². The van der Waals surface area contributed by atoms with Crippen LogP contribution in [0.15, 0.2) is 161 Å². The predicted octanol–water partition coefficient (Wildman–Crippen LogP) is 13.8. The lowest BCUT2D eigenvalue weighted by molar-refractivity contribution is 0.664. The summed E-state index contributed by atoms with van der Waals surface area (Å²) in [7, 11) is 0. The molecule has 1 aliphatic carbocycles. The Balaban J connectivity index is 1.14. The van der Waals surface area contributed by atoms with Crippen LogP contribution in [0.5, 0.6) is 0 Å². The molecule has 0 fully saturated rings.